The fourth-order valence-electron chi connectivity index (χ4n) is 2.38. The molecule has 1 aliphatic rings. The lowest BCUT2D eigenvalue weighted by Crippen LogP contribution is -2.17. The van der Waals surface area contributed by atoms with Crippen molar-refractivity contribution in [1.82, 2.24) is 5.43 Å². The van der Waals surface area contributed by atoms with Crippen LogP contribution in [0.5, 0.6) is 0 Å². The number of amides is 1. The highest BCUT2D eigenvalue weighted by molar-refractivity contribution is 6.42. The molecule has 120 valence electrons. The van der Waals surface area contributed by atoms with E-state index in [0.29, 0.717) is 21.4 Å². The lowest BCUT2D eigenvalue weighted by molar-refractivity contribution is 0.0955. The number of anilines is 1. The van der Waals surface area contributed by atoms with Gasteiger partial charge in [0.05, 0.1) is 16.3 Å². The minimum atomic E-state index is -0.369. The molecule has 3 rings (SSSR count). The molecule has 1 amide bonds. The van der Waals surface area contributed by atoms with E-state index in [0.717, 1.165) is 19.0 Å². The highest BCUT2D eigenvalue weighted by Crippen LogP contribution is 2.23. The van der Waals surface area contributed by atoms with Crippen molar-refractivity contribution in [3.8, 4) is 0 Å². The molecule has 0 unspecified atom stereocenters. The van der Waals surface area contributed by atoms with Crippen LogP contribution in [0.15, 0.2) is 39.9 Å². The Kier molecular flexibility index (Phi) is 4.88. The minimum absolute atomic E-state index is 0.324. The van der Waals surface area contributed by atoms with Gasteiger partial charge >= 0.3 is 0 Å². The molecule has 0 spiro atoms. The lowest BCUT2D eigenvalue weighted by Gasteiger charge is -2.12. The molecule has 1 aromatic carbocycles. The summed E-state index contributed by atoms with van der Waals surface area (Å²) in [6, 6.07) is 8.37. The number of hydrazone groups is 1. The Hall–Kier alpha value is -1.98. The van der Waals surface area contributed by atoms with Gasteiger partial charge in [-0.05, 0) is 37.1 Å². The number of nitrogens with one attached hydrogen (secondary N) is 1. The molecule has 0 aliphatic carbocycles. The number of halogens is 2. The van der Waals surface area contributed by atoms with E-state index in [1.54, 1.807) is 12.1 Å². The summed E-state index contributed by atoms with van der Waals surface area (Å²) in [6.07, 6.45) is 3.84. The number of nitrogens with zero attached hydrogens (tertiary/aromatic N) is 2. The normalized spacial score (nSPS) is 14.6. The average Bonchev–Trinajstić information content (AvgIpc) is 3.20. The van der Waals surface area contributed by atoms with Crippen molar-refractivity contribution < 1.29 is 9.21 Å². The first-order valence-electron chi connectivity index (χ1n) is 7.27. The van der Waals surface area contributed by atoms with Crippen LogP contribution in [0.2, 0.25) is 10.0 Å². The van der Waals surface area contributed by atoms with Gasteiger partial charge in [-0.1, -0.05) is 23.2 Å². The molecular formula is C16H15Cl2N3O2. The van der Waals surface area contributed by atoms with Crippen LogP contribution in [0.3, 0.4) is 0 Å². The van der Waals surface area contributed by atoms with Gasteiger partial charge in [-0.2, -0.15) is 5.10 Å². The Balaban J connectivity index is 1.59. The van der Waals surface area contributed by atoms with Crippen molar-refractivity contribution in [1.29, 1.82) is 0 Å². The first kappa shape index (κ1) is 15.9. The Morgan fingerprint density at radius 3 is 2.70 bits per heavy atom. The van der Waals surface area contributed by atoms with Gasteiger partial charge in [0.15, 0.2) is 5.88 Å². The van der Waals surface area contributed by atoms with Gasteiger partial charge in [0.1, 0.15) is 5.76 Å². The Morgan fingerprint density at radius 2 is 1.96 bits per heavy atom. The topological polar surface area (TPSA) is 57.8 Å². The third-order valence-corrected chi connectivity index (χ3v) is 4.31. The number of carbonyl (C=O) groups is 1. The van der Waals surface area contributed by atoms with E-state index in [1.807, 2.05) is 12.1 Å². The van der Waals surface area contributed by atoms with Gasteiger partial charge in [-0.3, -0.25) is 4.79 Å². The maximum Gasteiger partial charge on any atom is 0.271 e. The summed E-state index contributed by atoms with van der Waals surface area (Å²) in [5, 5.41) is 4.62. The predicted octanol–water partition coefficient (Wildman–Crippen LogP) is 3.95. The first-order valence-corrected chi connectivity index (χ1v) is 8.02. The molecule has 0 radical (unpaired) electrons. The molecule has 5 nitrogen and oxygen atoms in total. The number of rotatable bonds is 4. The predicted molar refractivity (Wildman–Crippen MR) is 91.7 cm³/mol. The van der Waals surface area contributed by atoms with Crippen molar-refractivity contribution in [2.24, 2.45) is 5.10 Å². The maximum absolute atomic E-state index is 11.9. The second-order valence-corrected chi connectivity index (χ2v) is 6.01. The summed E-state index contributed by atoms with van der Waals surface area (Å²) in [4.78, 5) is 14.1. The molecule has 23 heavy (non-hydrogen) atoms. The van der Waals surface area contributed by atoms with Gasteiger partial charge in [0, 0.05) is 24.7 Å². The van der Waals surface area contributed by atoms with Crippen molar-refractivity contribution in [3.63, 3.8) is 0 Å². The quantitative estimate of drug-likeness (QED) is 0.670. The highest BCUT2D eigenvalue weighted by atomic mass is 35.5. The first-order chi connectivity index (χ1) is 11.1. The molecule has 1 fully saturated rings. The van der Waals surface area contributed by atoms with Gasteiger partial charge in [-0.15, -0.1) is 0 Å². The largest absolute Gasteiger partial charge is 0.440 e. The Bertz CT molecular complexity index is 737. The average molecular weight is 352 g/mol. The maximum atomic E-state index is 11.9. The summed E-state index contributed by atoms with van der Waals surface area (Å²) >= 11 is 11.7. The molecule has 1 aromatic heterocycles. The molecule has 0 bridgehead atoms. The molecule has 1 saturated heterocycles. The summed E-state index contributed by atoms with van der Waals surface area (Å²) in [5.41, 5.74) is 2.81. The van der Waals surface area contributed by atoms with Crippen molar-refractivity contribution in [2.45, 2.75) is 12.8 Å². The van der Waals surface area contributed by atoms with Crippen LogP contribution in [0.1, 0.15) is 29.0 Å². The summed E-state index contributed by atoms with van der Waals surface area (Å²) in [7, 11) is 0. The second-order valence-electron chi connectivity index (χ2n) is 5.20. The lowest BCUT2D eigenvalue weighted by atomic mass is 10.2. The van der Waals surface area contributed by atoms with Gasteiger partial charge in [0.25, 0.3) is 5.91 Å². The Morgan fingerprint density at radius 1 is 1.17 bits per heavy atom. The van der Waals surface area contributed by atoms with Crippen LogP contribution < -0.4 is 10.3 Å². The molecule has 0 saturated carbocycles. The number of benzene rings is 1. The molecular weight excluding hydrogens is 337 g/mol. The minimum Gasteiger partial charge on any atom is -0.440 e. The zero-order valence-corrected chi connectivity index (χ0v) is 13.8. The van der Waals surface area contributed by atoms with E-state index < -0.39 is 0 Å². The molecule has 7 heteroatoms. The van der Waals surface area contributed by atoms with E-state index in [-0.39, 0.29) is 5.91 Å². The van der Waals surface area contributed by atoms with Crippen molar-refractivity contribution in [2.75, 3.05) is 18.0 Å². The number of hydrogen-bond acceptors (Lipinski definition) is 4. The smallest absolute Gasteiger partial charge is 0.271 e. The van der Waals surface area contributed by atoms with E-state index >= 15 is 0 Å². The van der Waals surface area contributed by atoms with Gasteiger partial charge < -0.3 is 9.32 Å². The van der Waals surface area contributed by atoms with Crippen LogP contribution in [-0.2, 0) is 0 Å². The van der Waals surface area contributed by atoms with Gasteiger partial charge in [0.2, 0.25) is 0 Å². The molecule has 1 aliphatic heterocycles. The fourth-order valence-corrected chi connectivity index (χ4v) is 2.67. The van der Waals surface area contributed by atoms with Crippen LogP contribution >= 0.6 is 23.2 Å². The standard InChI is InChI=1S/C16H15Cl2N3O2/c17-13-5-3-11(9-14(13)18)16(22)20-19-10-12-4-6-15(23-12)21-7-1-2-8-21/h3-6,9-10H,1-2,7-8H2,(H,20,22)/b19-10-. The Labute approximate surface area is 143 Å². The molecule has 2 aromatic rings. The monoisotopic (exact) mass is 351 g/mol. The molecule has 1 N–H and O–H groups in total. The number of hydrogen-bond donors (Lipinski definition) is 1. The highest BCUT2D eigenvalue weighted by Gasteiger charge is 2.15. The third kappa shape index (κ3) is 3.86. The van der Waals surface area contributed by atoms with Crippen LogP contribution in [0, 0.1) is 0 Å². The summed E-state index contributed by atoms with van der Waals surface area (Å²) < 4.78 is 5.68. The molecule has 2 heterocycles. The van der Waals surface area contributed by atoms with E-state index in [2.05, 4.69) is 15.4 Å². The SMILES string of the molecule is O=C(N/N=C\c1ccc(N2CCCC2)o1)c1ccc(Cl)c(Cl)c1. The van der Waals surface area contributed by atoms with Crippen molar-refractivity contribution >= 4 is 41.2 Å². The van der Waals surface area contributed by atoms with Crippen LogP contribution in [0.25, 0.3) is 0 Å². The summed E-state index contributed by atoms with van der Waals surface area (Å²) in [5.74, 6) is 1.05. The fraction of sp³-hybridized carbons (Fsp3) is 0.250. The zero-order valence-electron chi connectivity index (χ0n) is 12.3. The van der Waals surface area contributed by atoms with E-state index in [1.165, 1.54) is 25.1 Å². The van der Waals surface area contributed by atoms with E-state index in [4.69, 9.17) is 27.6 Å². The van der Waals surface area contributed by atoms with Crippen LogP contribution in [-0.4, -0.2) is 25.2 Å². The summed E-state index contributed by atoms with van der Waals surface area (Å²) in [6.45, 7) is 2.02. The zero-order chi connectivity index (χ0) is 16.2. The third-order valence-electron chi connectivity index (χ3n) is 3.57. The van der Waals surface area contributed by atoms with Crippen molar-refractivity contribution in [3.05, 3.63) is 51.7 Å². The second kappa shape index (κ2) is 7.06. The number of carbonyl (C=O) groups excluding carboxylic acids is 1. The number of furan rings is 1. The van der Waals surface area contributed by atoms with E-state index in [9.17, 15) is 4.79 Å². The van der Waals surface area contributed by atoms with Crippen LogP contribution in [0.4, 0.5) is 5.88 Å². The van der Waals surface area contributed by atoms with Gasteiger partial charge in [-0.25, -0.2) is 5.43 Å². The molecule has 0 atom stereocenters.